The van der Waals surface area contributed by atoms with Crippen LogP contribution in [0.3, 0.4) is 0 Å². The van der Waals surface area contributed by atoms with E-state index in [0.717, 1.165) is 0 Å². The summed E-state index contributed by atoms with van der Waals surface area (Å²) in [5, 5.41) is 6.88. The maximum absolute atomic E-state index is 11.9. The molecule has 1 aromatic rings. The smallest absolute Gasteiger partial charge is 0.282 e. The first-order valence-corrected chi connectivity index (χ1v) is 6.39. The lowest BCUT2D eigenvalue weighted by Crippen LogP contribution is -2.93. The van der Waals surface area contributed by atoms with E-state index in [0.29, 0.717) is 11.3 Å². The van der Waals surface area contributed by atoms with Gasteiger partial charge in [-0.2, -0.15) is 0 Å². The zero-order chi connectivity index (χ0) is 15.1. The van der Waals surface area contributed by atoms with Gasteiger partial charge in [0, 0.05) is 18.3 Å². The number of amides is 2. The molecule has 0 aromatic heterocycles. The Morgan fingerprint density at radius 1 is 1.20 bits per heavy atom. The fourth-order valence-electron chi connectivity index (χ4n) is 1.54. The van der Waals surface area contributed by atoms with Crippen molar-refractivity contribution in [2.75, 3.05) is 18.9 Å². The molecule has 6 heteroatoms. The molecule has 2 amide bonds. The maximum Gasteiger partial charge on any atom is 0.282 e. The van der Waals surface area contributed by atoms with Crippen molar-refractivity contribution in [3.05, 3.63) is 29.8 Å². The van der Waals surface area contributed by atoms with E-state index in [2.05, 4.69) is 10.6 Å². The Balaban J connectivity index is 2.52. The second-order valence-electron chi connectivity index (χ2n) is 4.52. The SMILES string of the molecule is CNC(=O)C[NH2+][C@@H](C)C(=O)Nc1ccc(C(C)=O)cc1. The summed E-state index contributed by atoms with van der Waals surface area (Å²) < 4.78 is 0. The number of carbonyl (C=O) groups excluding carboxylic acids is 3. The maximum atomic E-state index is 11.9. The highest BCUT2D eigenvalue weighted by Crippen LogP contribution is 2.09. The number of quaternary nitrogens is 1. The molecule has 0 aliphatic heterocycles. The van der Waals surface area contributed by atoms with E-state index >= 15 is 0 Å². The Morgan fingerprint density at radius 3 is 2.30 bits per heavy atom. The van der Waals surface area contributed by atoms with Crippen LogP contribution in [0.15, 0.2) is 24.3 Å². The van der Waals surface area contributed by atoms with Crippen molar-refractivity contribution in [1.82, 2.24) is 5.32 Å². The molecule has 0 saturated carbocycles. The Hall–Kier alpha value is -2.21. The molecule has 0 radical (unpaired) electrons. The highest BCUT2D eigenvalue weighted by molar-refractivity contribution is 5.96. The molecular formula is C14H20N3O3+. The van der Waals surface area contributed by atoms with Crippen LogP contribution in [0.1, 0.15) is 24.2 Å². The minimum atomic E-state index is -0.375. The largest absolute Gasteiger partial charge is 0.354 e. The molecular weight excluding hydrogens is 258 g/mol. The second kappa shape index (κ2) is 7.40. The van der Waals surface area contributed by atoms with Crippen molar-refractivity contribution in [2.45, 2.75) is 19.9 Å². The van der Waals surface area contributed by atoms with Crippen molar-refractivity contribution in [2.24, 2.45) is 0 Å². The Morgan fingerprint density at radius 2 is 1.80 bits per heavy atom. The first-order chi connectivity index (χ1) is 9.43. The van der Waals surface area contributed by atoms with E-state index in [4.69, 9.17) is 0 Å². The number of likely N-dealkylation sites (N-methyl/N-ethyl adjacent to an activating group) is 1. The predicted octanol–water partition coefficient (Wildman–Crippen LogP) is -0.474. The third-order valence-corrected chi connectivity index (χ3v) is 2.91. The molecule has 1 rings (SSSR count). The van der Waals surface area contributed by atoms with E-state index in [-0.39, 0.29) is 30.2 Å². The number of nitrogens with one attached hydrogen (secondary N) is 2. The van der Waals surface area contributed by atoms with Crippen LogP contribution in [0.2, 0.25) is 0 Å². The van der Waals surface area contributed by atoms with Crippen LogP contribution < -0.4 is 16.0 Å². The van der Waals surface area contributed by atoms with Crippen molar-refractivity contribution >= 4 is 23.3 Å². The Labute approximate surface area is 117 Å². The van der Waals surface area contributed by atoms with Gasteiger partial charge in [0.2, 0.25) is 0 Å². The van der Waals surface area contributed by atoms with Crippen molar-refractivity contribution in [3.63, 3.8) is 0 Å². The number of anilines is 1. The average molecular weight is 278 g/mol. The van der Waals surface area contributed by atoms with Crippen LogP contribution >= 0.6 is 0 Å². The molecule has 0 aliphatic rings. The van der Waals surface area contributed by atoms with Crippen LogP contribution in [0.5, 0.6) is 0 Å². The molecule has 0 spiro atoms. The fourth-order valence-corrected chi connectivity index (χ4v) is 1.54. The standard InChI is InChI=1S/C14H19N3O3/c1-9(16-8-13(19)15-3)14(20)17-12-6-4-11(5-7-12)10(2)18/h4-7,9,16H,8H2,1-3H3,(H,15,19)(H,17,20)/p+1/t9-/m0/s1. The lowest BCUT2D eigenvalue weighted by Gasteiger charge is -2.11. The molecule has 6 nitrogen and oxygen atoms in total. The molecule has 20 heavy (non-hydrogen) atoms. The van der Waals surface area contributed by atoms with Crippen molar-refractivity contribution < 1.29 is 19.7 Å². The van der Waals surface area contributed by atoms with Crippen LogP contribution in [0.25, 0.3) is 0 Å². The van der Waals surface area contributed by atoms with E-state index in [1.165, 1.54) is 6.92 Å². The van der Waals surface area contributed by atoms with Gasteiger partial charge in [0.1, 0.15) is 0 Å². The van der Waals surface area contributed by atoms with Gasteiger partial charge in [0.05, 0.1) is 0 Å². The summed E-state index contributed by atoms with van der Waals surface area (Å²) in [6, 6.07) is 6.31. The number of nitrogens with two attached hydrogens (primary N) is 1. The first kappa shape index (κ1) is 15.8. The second-order valence-corrected chi connectivity index (χ2v) is 4.52. The summed E-state index contributed by atoms with van der Waals surface area (Å²) in [5.41, 5.74) is 1.22. The van der Waals surface area contributed by atoms with E-state index < -0.39 is 0 Å². The van der Waals surface area contributed by atoms with Gasteiger partial charge in [-0.05, 0) is 38.1 Å². The lowest BCUT2D eigenvalue weighted by atomic mass is 10.1. The van der Waals surface area contributed by atoms with Crippen LogP contribution in [0, 0.1) is 0 Å². The first-order valence-electron chi connectivity index (χ1n) is 6.39. The quantitative estimate of drug-likeness (QED) is 0.614. The Kier molecular flexibility index (Phi) is 5.86. The van der Waals surface area contributed by atoms with E-state index in [9.17, 15) is 14.4 Å². The highest BCUT2D eigenvalue weighted by Gasteiger charge is 2.17. The predicted molar refractivity (Wildman–Crippen MR) is 75.4 cm³/mol. The van der Waals surface area contributed by atoms with Crippen LogP contribution in [-0.2, 0) is 9.59 Å². The molecule has 0 fully saturated rings. The summed E-state index contributed by atoms with van der Waals surface area (Å²) >= 11 is 0. The van der Waals surface area contributed by atoms with E-state index in [1.807, 2.05) is 0 Å². The molecule has 0 aliphatic carbocycles. The number of Topliss-reactive ketones (excluding diaryl/α,β-unsaturated/α-hetero) is 1. The number of hydrogen-bond acceptors (Lipinski definition) is 3. The number of ketones is 1. The topological polar surface area (TPSA) is 91.9 Å². The van der Waals surface area contributed by atoms with Gasteiger partial charge < -0.3 is 16.0 Å². The van der Waals surface area contributed by atoms with Gasteiger partial charge in [-0.25, -0.2) is 0 Å². The van der Waals surface area contributed by atoms with Gasteiger partial charge in [-0.1, -0.05) is 0 Å². The van der Waals surface area contributed by atoms with Crippen molar-refractivity contribution in [1.29, 1.82) is 0 Å². The summed E-state index contributed by atoms with van der Waals surface area (Å²) in [7, 11) is 1.55. The number of hydrogen-bond donors (Lipinski definition) is 3. The summed E-state index contributed by atoms with van der Waals surface area (Å²) in [6.07, 6.45) is 0. The van der Waals surface area contributed by atoms with Gasteiger partial charge in [0.25, 0.3) is 11.8 Å². The molecule has 0 saturated heterocycles. The Bertz CT molecular complexity index is 497. The van der Waals surface area contributed by atoms with Crippen molar-refractivity contribution in [3.8, 4) is 0 Å². The molecule has 4 N–H and O–H groups in total. The molecule has 0 heterocycles. The minimum Gasteiger partial charge on any atom is -0.354 e. The van der Waals surface area contributed by atoms with Gasteiger partial charge in [-0.3, -0.25) is 14.4 Å². The minimum absolute atomic E-state index is 0.0184. The fraction of sp³-hybridized carbons (Fsp3) is 0.357. The normalized spacial score (nSPS) is 11.6. The lowest BCUT2D eigenvalue weighted by molar-refractivity contribution is -0.662. The molecule has 1 atom stereocenters. The van der Waals surface area contributed by atoms with Crippen LogP contribution in [-0.4, -0.2) is 37.2 Å². The molecule has 0 unspecified atom stereocenters. The number of benzene rings is 1. The average Bonchev–Trinajstić information content (AvgIpc) is 2.44. The third-order valence-electron chi connectivity index (χ3n) is 2.91. The van der Waals surface area contributed by atoms with E-state index in [1.54, 1.807) is 43.6 Å². The zero-order valence-corrected chi connectivity index (χ0v) is 11.9. The molecule has 1 aromatic carbocycles. The van der Waals surface area contributed by atoms with Gasteiger partial charge in [0.15, 0.2) is 18.4 Å². The van der Waals surface area contributed by atoms with Gasteiger partial charge >= 0.3 is 0 Å². The monoisotopic (exact) mass is 278 g/mol. The van der Waals surface area contributed by atoms with Crippen LogP contribution in [0.4, 0.5) is 5.69 Å². The number of carbonyl (C=O) groups is 3. The zero-order valence-electron chi connectivity index (χ0n) is 11.9. The van der Waals surface area contributed by atoms with Gasteiger partial charge in [-0.15, -0.1) is 0 Å². The third kappa shape index (κ3) is 4.81. The summed E-state index contributed by atoms with van der Waals surface area (Å²) in [4.78, 5) is 34.1. The number of rotatable bonds is 6. The molecule has 0 bridgehead atoms. The highest BCUT2D eigenvalue weighted by atomic mass is 16.2. The summed E-state index contributed by atoms with van der Waals surface area (Å²) in [6.45, 7) is 3.42. The summed E-state index contributed by atoms with van der Waals surface area (Å²) in [5.74, 6) is -0.338. The molecule has 108 valence electrons.